The van der Waals surface area contributed by atoms with Gasteiger partial charge in [0.1, 0.15) is 0 Å². The summed E-state index contributed by atoms with van der Waals surface area (Å²) in [6.07, 6.45) is 2.39. The quantitative estimate of drug-likeness (QED) is 0.730. The minimum absolute atomic E-state index is 0.0352. The summed E-state index contributed by atoms with van der Waals surface area (Å²) in [4.78, 5) is 11.3. The summed E-state index contributed by atoms with van der Waals surface area (Å²) < 4.78 is 7.06. The van der Waals surface area contributed by atoms with E-state index in [9.17, 15) is 4.79 Å². The molecule has 1 atom stereocenters. The second kappa shape index (κ2) is 3.38. The van der Waals surface area contributed by atoms with Crippen molar-refractivity contribution in [1.82, 2.24) is 9.78 Å². The second-order valence-electron chi connectivity index (χ2n) is 3.52. The highest BCUT2D eigenvalue weighted by Crippen LogP contribution is 2.12. The molecule has 1 fully saturated rings. The molecule has 4 nitrogen and oxygen atoms in total. The Morgan fingerprint density at radius 1 is 1.77 bits per heavy atom. The van der Waals surface area contributed by atoms with E-state index in [0.29, 0.717) is 6.54 Å². The maximum absolute atomic E-state index is 11.3. The standard InChI is InChI=1S/C9H14N2O2/c1-7-5-9(12)11(10-7)6-8-3-2-4-13-8/h5,8,10H,2-4,6H2,1H3. The van der Waals surface area contributed by atoms with E-state index in [1.807, 2.05) is 6.92 Å². The van der Waals surface area contributed by atoms with Crippen LogP contribution in [0.1, 0.15) is 18.5 Å². The monoisotopic (exact) mass is 182 g/mol. The molecule has 72 valence electrons. The Hall–Kier alpha value is -1.03. The van der Waals surface area contributed by atoms with Crippen LogP contribution in [0.25, 0.3) is 0 Å². The molecule has 2 rings (SSSR count). The van der Waals surface area contributed by atoms with Crippen molar-refractivity contribution < 1.29 is 4.74 Å². The fourth-order valence-electron chi connectivity index (χ4n) is 1.69. The van der Waals surface area contributed by atoms with Crippen molar-refractivity contribution in [2.75, 3.05) is 6.61 Å². The predicted octanol–water partition coefficient (Wildman–Crippen LogP) is 0.664. The van der Waals surface area contributed by atoms with Crippen molar-refractivity contribution in [1.29, 1.82) is 0 Å². The van der Waals surface area contributed by atoms with Gasteiger partial charge in [-0.2, -0.15) is 0 Å². The van der Waals surface area contributed by atoms with Gasteiger partial charge in [0, 0.05) is 18.4 Å². The molecule has 13 heavy (non-hydrogen) atoms. The number of aromatic nitrogens is 2. The largest absolute Gasteiger partial charge is 0.376 e. The molecule has 0 spiro atoms. The lowest BCUT2D eigenvalue weighted by atomic mass is 10.2. The fraction of sp³-hybridized carbons (Fsp3) is 0.667. The van der Waals surface area contributed by atoms with E-state index in [1.54, 1.807) is 10.7 Å². The first-order valence-corrected chi connectivity index (χ1v) is 4.64. The van der Waals surface area contributed by atoms with Crippen molar-refractivity contribution in [3.05, 3.63) is 22.1 Å². The van der Waals surface area contributed by atoms with Gasteiger partial charge in [-0.05, 0) is 19.8 Å². The van der Waals surface area contributed by atoms with Gasteiger partial charge in [0.25, 0.3) is 5.56 Å². The maximum Gasteiger partial charge on any atom is 0.266 e. The van der Waals surface area contributed by atoms with Crippen LogP contribution in [0.15, 0.2) is 10.9 Å². The van der Waals surface area contributed by atoms with Crippen LogP contribution in [0.3, 0.4) is 0 Å². The Labute approximate surface area is 76.5 Å². The number of hydrogen-bond acceptors (Lipinski definition) is 2. The zero-order valence-corrected chi connectivity index (χ0v) is 7.75. The van der Waals surface area contributed by atoms with Gasteiger partial charge in [-0.1, -0.05) is 0 Å². The molecule has 1 aromatic heterocycles. The van der Waals surface area contributed by atoms with Gasteiger partial charge in [-0.25, -0.2) is 0 Å². The molecule has 1 aliphatic rings. The molecule has 1 aromatic rings. The highest BCUT2D eigenvalue weighted by atomic mass is 16.5. The second-order valence-corrected chi connectivity index (χ2v) is 3.52. The predicted molar refractivity (Wildman–Crippen MR) is 48.8 cm³/mol. The van der Waals surface area contributed by atoms with E-state index in [0.717, 1.165) is 25.1 Å². The number of ether oxygens (including phenoxy) is 1. The summed E-state index contributed by atoms with van der Waals surface area (Å²) >= 11 is 0. The Morgan fingerprint density at radius 3 is 3.15 bits per heavy atom. The van der Waals surface area contributed by atoms with Crippen LogP contribution < -0.4 is 5.56 Å². The van der Waals surface area contributed by atoms with Gasteiger partial charge in [0.05, 0.1) is 12.6 Å². The Morgan fingerprint density at radius 2 is 2.62 bits per heavy atom. The van der Waals surface area contributed by atoms with Crippen molar-refractivity contribution in [2.45, 2.75) is 32.4 Å². The van der Waals surface area contributed by atoms with Crippen molar-refractivity contribution in [3.63, 3.8) is 0 Å². The minimum atomic E-state index is 0.0352. The van der Waals surface area contributed by atoms with Gasteiger partial charge in [0.2, 0.25) is 0 Å². The summed E-state index contributed by atoms with van der Waals surface area (Å²) in [5.41, 5.74) is 0.941. The molecule has 1 unspecified atom stereocenters. The number of nitrogens with one attached hydrogen (secondary N) is 1. The molecule has 1 aliphatic heterocycles. The average molecular weight is 182 g/mol. The summed E-state index contributed by atoms with van der Waals surface area (Å²) in [5, 5.41) is 3.00. The van der Waals surface area contributed by atoms with E-state index in [-0.39, 0.29) is 11.7 Å². The zero-order chi connectivity index (χ0) is 9.26. The summed E-state index contributed by atoms with van der Waals surface area (Å²) in [7, 11) is 0. The first-order valence-electron chi connectivity index (χ1n) is 4.64. The summed E-state index contributed by atoms with van der Waals surface area (Å²) in [6, 6.07) is 1.61. The Kier molecular flexibility index (Phi) is 2.22. The normalized spacial score (nSPS) is 22.4. The molecule has 0 aromatic carbocycles. The number of H-pyrrole nitrogens is 1. The van der Waals surface area contributed by atoms with E-state index >= 15 is 0 Å². The van der Waals surface area contributed by atoms with Crippen LogP contribution in [0.4, 0.5) is 0 Å². The number of aromatic amines is 1. The summed E-state index contributed by atoms with van der Waals surface area (Å²) in [6.45, 7) is 3.37. The van der Waals surface area contributed by atoms with Crippen molar-refractivity contribution >= 4 is 0 Å². The maximum atomic E-state index is 11.3. The molecule has 2 heterocycles. The van der Waals surface area contributed by atoms with Crippen LogP contribution in [0, 0.1) is 6.92 Å². The van der Waals surface area contributed by atoms with E-state index < -0.39 is 0 Å². The Bertz CT molecular complexity index is 334. The van der Waals surface area contributed by atoms with Crippen molar-refractivity contribution in [3.8, 4) is 0 Å². The van der Waals surface area contributed by atoms with Gasteiger partial charge in [-0.3, -0.25) is 14.6 Å². The molecule has 4 heteroatoms. The molecule has 0 amide bonds. The van der Waals surface area contributed by atoms with Crippen molar-refractivity contribution in [2.24, 2.45) is 0 Å². The third kappa shape index (κ3) is 1.83. The first-order chi connectivity index (χ1) is 6.25. The third-order valence-electron chi connectivity index (χ3n) is 2.33. The minimum Gasteiger partial charge on any atom is -0.376 e. The SMILES string of the molecule is Cc1cc(=O)n(CC2CCCO2)[nH]1. The van der Waals surface area contributed by atoms with Gasteiger partial charge < -0.3 is 4.74 Å². The highest BCUT2D eigenvalue weighted by Gasteiger charge is 2.16. The van der Waals surface area contributed by atoms with Gasteiger partial charge in [-0.15, -0.1) is 0 Å². The molecular weight excluding hydrogens is 168 g/mol. The highest BCUT2D eigenvalue weighted by molar-refractivity contribution is 4.95. The van der Waals surface area contributed by atoms with Crippen LogP contribution >= 0.6 is 0 Å². The Balaban J connectivity index is 2.08. The number of rotatable bonds is 2. The summed E-state index contributed by atoms with van der Waals surface area (Å²) in [5.74, 6) is 0. The molecule has 0 aliphatic carbocycles. The van der Waals surface area contributed by atoms with Gasteiger partial charge in [0.15, 0.2) is 0 Å². The third-order valence-corrected chi connectivity index (χ3v) is 2.33. The zero-order valence-electron chi connectivity index (χ0n) is 7.75. The lowest BCUT2D eigenvalue weighted by Crippen LogP contribution is -2.24. The molecule has 1 N–H and O–H groups in total. The lowest BCUT2D eigenvalue weighted by molar-refractivity contribution is 0.0931. The molecule has 1 saturated heterocycles. The van der Waals surface area contributed by atoms with E-state index in [2.05, 4.69) is 5.10 Å². The fourth-order valence-corrected chi connectivity index (χ4v) is 1.69. The van der Waals surface area contributed by atoms with Crippen LogP contribution in [0.5, 0.6) is 0 Å². The first kappa shape index (κ1) is 8.56. The molecule has 0 radical (unpaired) electrons. The van der Waals surface area contributed by atoms with E-state index in [1.165, 1.54) is 0 Å². The number of nitrogens with zero attached hydrogens (tertiary/aromatic N) is 1. The van der Waals surface area contributed by atoms with Gasteiger partial charge >= 0.3 is 0 Å². The lowest BCUT2D eigenvalue weighted by Gasteiger charge is -2.08. The van der Waals surface area contributed by atoms with Crippen LogP contribution in [-0.4, -0.2) is 22.5 Å². The number of hydrogen-bond donors (Lipinski definition) is 1. The topological polar surface area (TPSA) is 47.0 Å². The average Bonchev–Trinajstić information content (AvgIpc) is 2.63. The van der Waals surface area contributed by atoms with Crippen LogP contribution in [0.2, 0.25) is 0 Å². The molecule has 0 bridgehead atoms. The number of aryl methyl sites for hydroxylation is 1. The molecular formula is C9H14N2O2. The smallest absolute Gasteiger partial charge is 0.266 e. The molecule has 0 saturated carbocycles. The van der Waals surface area contributed by atoms with Crippen LogP contribution in [-0.2, 0) is 11.3 Å². The van der Waals surface area contributed by atoms with E-state index in [4.69, 9.17) is 4.74 Å².